The maximum absolute atomic E-state index is 12.0. The van der Waals surface area contributed by atoms with Crippen LogP contribution in [-0.4, -0.2) is 48.0 Å². The van der Waals surface area contributed by atoms with E-state index in [0.717, 1.165) is 23.1 Å². The number of amides is 6. The Morgan fingerprint density at radius 1 is 0.800 bits per heavy atom. The van der Waals surface area contributed by atoms with E-state index in [1.165, 1.54) is 18.3 Å². The molecular formula is C15H13N9O4S2. The third kappa shape index (κ3) is 5.15. The van der Waals surface area contributed by atoms with Gasteiger partial charge in [-0.2, -0.15) is 0 Å². The van der Waals surface area contributed by atoms with Crippen LogP contribution in [0.3, 0.4) is 0 Å². The van der Waals surface area contributed by atoms with Gasteiger partial charge in [0.1, 0.15) is 15.6 Å². The second-order valence-electron chi connectivity index (χ2n) is 5.62. The molecule has 0 aliphatic heterocycles. The average molecular weight is 447 g/mol. The summed E-state index contributed by atoms with van der Waals surface area (Å²) in [6.07, 6.45) is 1.26. The highest BCUT2D eigenvalue weighted by molar-refractivity contribution is 7.08. The molecule has 15 heteroatoms. The van der Waals surface area contributed by atoms with E-state index in [2.05, 4.69) is 45.4 Å². The summed E-state index contributed by atoms with van der Waals surface area (Å²) in [4.78, 5) is 52.1. The number of nitrogens with one attached hydrogen (secondary N) is 4. The number of urea groups is 2. The third-order valence-electron chi connectivity index (χ3n) is 3.43. The van der Waals surface area contributed by atoms with Crippen LogP contribution in [0.5, 0.6) is 0 Å². The molecule has 0 atom stereocenters. The van der Waals surface area contributed by atoms with Crippen LogP contribution in [0.25, 0.3) is 0 Å². The first kappa shape index (κ1) is 20.9. The molecule has 154 valence electrons. The van der Waals surface area contributed by atoms with Crippen LogP contribution in [0, 0.1) is 13.8 Å². The number of hydrogen-bond acceptors (Lipinski definition) is 11. The van der Waals surface area contributed by atoms with Crippen LogP contribution < -0.4 is 21.3 Å². The Morgan fingerprint density at radius 2 is 1.33 bits per heavy atom. The van der Waals surface area contributed by atoms with Crippen LogP contribution in [0.1, 0.15) is 30.7 Å². The van der Waals surface area contributed by atoms with Gasteiger partial charge in [0.05, 0.1) is 23.3 Å². The molecule has 3 rings (SSSR count). The zero-order valence-corrected chi connectivity index (χ0v) is 17.1. The summed E-state index contributed by atoms with van der Waals surface area (Å²) < 4.78 is 7.25. The minimum absolute atomic E-state index is 0.132. The first-order chi connectivity index (χ1) is 14.3. The summed E-state index contributed by atoms with van der Waals surface area (Å²) in [7, 11) is 0. The average Bonchev–Trinajstić information content (AvgIpc) is 3.31. The van der Waals surface area contributed by atoms with Crippen molar-refractivity contribution >= 4 is 58.4 Å². The first-order valence-corrected chi connectivity index (χ1v) is 9.67. The monoisotopic (exact) mass is 447 g/mol. The molecule has 13 nitrogen and oxygen atoms in total. The summed E-state index contributed by atoms with van der Waals surface area (Å²) in [5.41, 5.74) is 1.10. The standard InChI is InChI=1S/C15H13N9O4S2/c1-6-10(29-23-21-6)12(25)19-14(27)17-8-3-4-9(16-5-8)18-15(28)20-13(26)11-7(2)22-24-30-11/h3-5H,1-2H3,(H2,17,19,25,27)(H2,16,18,20,26,28). The molecule has 0 fully saturated rings. The van der Waals surface area contributed by atoms with E-state index < -0.39 is 23.9 Å². The van der Waals surface area contributed by atoms with Crippen LogP contribution >= 0.6 is 23.1 Å². The molecule has 0 saturated heterocycles. The summed E-state index contributed by atoms with van der Waals surface area (Å²) in [6.45, 7) is 3.20. The SMILES string of the molecule is Cc1nnsc1C(=O)NC(=O)Nc1ccc(NC(=O)NC(=O)c2snnc2C)nc1. The van der Waals surface area contributed by atoms with E-state index in [9.17, 15) is 19.2 Å². The van der Waals surface area contributed by atoms with Gasteiger partial charge in [0.2, 0.25) is 0 Å². The highest BCUT2D eigenvalue weighted by Crippen LogP contribution is 2.12. The largest absolute Gasteiger partial charge is 0.327 e. The predicted octanol–water partition coefficient (Wildman–Crippen LogP) is 1.33. The fraction of sp³-hybridized carbons (Fsp3) is 0.133. The van der Waals surface area contributed by atoms with Crippen molar-refractivity contribution in [2.24, 2.45) is 0 Å². The molecule has 0 bridgehead atoms. The van der Waals surface area contributed by atoms with Gasteiger partial charge in [-0.1, -0.05) is 8.98 Å². The molecule has 3 aromatic heterocycles. The van der Waals surface area contributed by atoms with Crippen LogP contribution in [0.2, 0.25) is 0 Å². The van der Waals surface area contributed by atoms with Crippen molar-refractivity contribution in [3.8, 4) is 0 Å². The van der Waals surface area contributed by atoms with Gasteiger partial charge < -0.3 is 5.32 Å². The Hall–Kier alpha value is -3.85. The number of nitrogens with zero attached hydrogens (tertiary/aromatic N) is 5. The number of anilines is 2. The Kier molecular flexibility index (Phi) is 6.33. The molecule has 0 aliphatic carbocycles. The van der Waals surface area contributed by atoms with Crippen LogP contribution in [0.4, 0.5) is 21.1 Å². The molecule has 0 saturated carbocycles. The van der Waals surface area contributed by atoms with Gasteiger partial charge in [0.25, 0.3) is 11.8 Å². The maximum Gasteiger partial charge on any atom is 0.327 e. The topological polar surface area (TPSA) is 181 Å². The molecule has 4 N–H and O–H groups in total. The predicted molar refractivity (Wildman–Crippen MR) is 106 cm³/mol. The van der Waals surface area contributed by atoms with Crippen LogP contribution in [0.15, 0.2) is 18.3 Å². The van der Waals surface area contributed by atoms with Gasteiger partial charge in [-0.05, 0) is 49.0 Å². The van der Waals surface area contributed by atoms with Crippen molar-refractivity contribution in [2.75, 3.05) is 10.6 Å². The van der Waals surface area contributed by atoms with Crippen molar-refractivity contribution in [3.05, 3.63) is 39.5 Å². The highest BCUT2D eigenvalue weighted by atomic mass is 32.1. The number of hydrogen-bond donors (Lipinski definition) is 4. The van der Waals surface area contributed by atoms with E-state index in [4.69, 9.17) is 0 Å². The Bertz CT molecular complexity index is 1020. The van der Waals surface area contributed by atoms with E-state index in [1.807, 2.05) is 0 Å². The minimum atomic E-state index is -0.794. The van der Waals surface area contributed by atoms with Crippen LogP contribution in [-0.2, 0) is 0 Å². The number of carbonyl (C=O) groups is 4. The van der Waals surface area contributed by atoms with Gasteiger partial charge in [-0.25, -0.2) is 14.6 Å². The summed E-state index contributed by atoms with van der Waals surface area (Å²) in [6, 6.07) is 1.29. The number of rotatable bonds is 4. The lowest BCUT2D eigenvalue weighted by atomic mass is 10.4. The normalized spacial score (nSPS) is 10.2. The minimum Gasteiger partial charge on any atom is -0.306 e. The quantitative estimate of drug-likeness (QED) is 0.458. The van der Waals surface area contributed by atoms with Crippen molar-refractivity contribution in [2.45, 2.75) is 13.8 Å². The van der Waals surface area contributed by atoms with E-state index >= 15 is 0 Å². The zero-order chi connectivity index (χ0) is 21.7. The number of aryl methyl sites for hydroxylation is 2. The van der Waals surface area contributed by atoms with E-state index in [1.54, 1.807) is 13.8 Å². The van der Waals surface area contributed by atoms with Gasteiger partial charge in [-0.15, -0.1) is 10.2 Å². The molecule has 0 spiro atoms. The number of aromatic nitrogens is 5. The fourth-order valence-electron chi connectivity index (χ4n) is 2.05. The molecule has 0 radical (unpaired) electrons. The summed E-state index contributed by atoms with van der Waals surface area (Å²) >= 11 is 1.75. The molecule has 30 heavy (non-hydrogen) atoms. The van der Waals surface area contributed by atoms with E-state index in [-0.39, 0.29) is 21.3 Å². The Morgan fingerprint density at radius 3 is 1.77 bits per heavy atom. The van der Waals surface area contributed by atoms with Gasteiger partial charge in [0, 0.05) is 0 Å². The number of carbonyl (C=O) groups excluding carboxylic acids is 4. The summed E-state index contributed by atoms with van der Waals surface area (Å²) in [5, 5.41) is 16.5. The lowest BCUT2D eigenvalue weighted by Gasteiger charge is -2.08. The lowest BCUT2D eigenvalue weighted by Crippen LogP contribution is -2.35. The van der Waals surface area contributed by atoms with Gasteiger partial charge >= 0.3 is 12.1 Å². The molecule has 3 heterocycles. The summed E-state index contributed by atoms with van der Waals surface area (Å²) in [5.74, 6) is -1.13. The molecule has 0 unspecified atom stereocenters. The highest BCUT2D eigenvalue weighted by Gasteiger charge is 2.17. The first-order valence-electron chi connectivity index (χ1n) is 8.12. The second-order valence-corrected chi connectivity index (χ2v) is 7.13. The van der Waals surface area contributed by atoms with Crippen molar-refractivity contribution in [3.63, 3.8) is 0 Å². The molecule has 0 aliphatic rings. The Balaban J connectivity index is 1.51. The smallest absolute Gasteiger partial charge is 0.306 e. The van der Waals surface area contributed by atoms with Crippen molar-refractivity contribution in [1.29, 1.82) is 0 Å². The van der Waals surface area contributed by atoms with Gasteiger partial charge in [-0.3, -0.25) is 25.5 Å². The zero-order valence-electron chi connectivity index (χ0n) is 15.4. The number of pyridine rings is 1. The lowest BCUT2D eigenvalue weighted by molar-refractivity contribution is 0.0960. The van der Waals surface area contributed by atoms with E-state index in [0.29, 0.717) is 11.4 Å². The Labute approximate surface area is 176 Å². The van der Waals surface area contributed by atoms with Crippen molar-refractivity contribution < 1.29 is 19.2 Å². The second kappa shape index (κ2) is 9.10. The molecule has 3 aromatic rings. The number of imide groups is 2. The molecular weight excluding hydrogens is 434 g/mol. The molecule has 0 aromatic carbocycles. The van der Waals surface area contributed by atoms with Crippen molar-refractivity contribution in [1.82, 2.24) is 34.8 Å². The van der Waals surface area contributed by atoms with Gasteiger partial charge in [0.15, 0.2) is 0 Å². The molecule has 6 amide bonds. The fourth-order valence-corrected chi connectivity index (χ4v) is 3.15. The third-order valence-corrected chi connectivity index (χ3v) is 5.09. The maximum atomic E-state index is 12.0.